The summed E-state index contributed by atoms with van der Waals surface area (Å²) < 4.78 is 23.8. The van der Waals surface area contributed by atoms with Crippen molar-refractivity contribution < 1.29 is 23.7 Å². The van der Waals surface area contributed by atoms with Crippen LogP contribution in [-0.4, -0.2) is 83.0 Å². The van der Waals surface area contributed by atoms with Crippen LogP contribution in [0.4, 0.5) is 0 Å². The summed E-state index contributed by atoms with van der Waals surface area (Å²) >= 11 is 0. The molecule has 2 heterocycles. The number of benzene rings is 4. The summed E-state index contributed by atoms with van der Waals surface area (Å²) in [4.78, 5) is 15.4. The van der Waals surface area contributed by atoms with E-state index in [1.165, 1.54) is 11.1 Å². The second-order valence-corrected chi connectivity index (χ2v) is 12.7. The largest absolute Gasteiger partial charge is 0.494 e. The van der Waals surface area contributed by atoms with Crippen LogP contribution in [0.2, 0.25) is 0 Å². The Balaban J connectivity index is 1.17. The molecule has 3 atom stereocenters. The van der Waals surface area contributed by atoms with Crippen LogP contribution in [0, 0.1) is 5.92 Å². The van der Waals surface area contributed by atoms with E-state index in [0.717, 1.165) is 80.0 Å². The van der Waals surface area contributed by atoms with Crippen molar-refractivity contribution in [3.8, 4) is 5.75 Å². The van der Waals surface area contributed by atoms with Crippen molar-refractivity contribution in [3.63, 3.8) is 0 Å². The van der Waals surface area contributed by atoms with Crippen molar-refractivity contribution in [1.29, 1.82) is 0 Å². The molecule has 1 N–H and O–H groups in total. The number of fused-ring (bicyclic) bond motifs is 1. The molecule has 7 heteroatoms. The molecule has 2 saturated heterocycles. The maximum absolute atomic E-state index is 13.0. The smallest absolute Gasteiger partial charge is 0.160 e. The number of carbonyl (C=O) groups is 1. The Morgan fingerprint density at radius 3 is 2.45 bits per heavy atom. The number of nitrogens with zero attached hydrogens (tertiary/aromatic N) is 1. The SMILES string of the molecule is CC(=O)c1ccc2ccccc2c1[C@@H]1CNC[C@@H](COCCN2CCOCC2)[C@@H]1c1ccc(OCCCOCc2ccccc2)cc1. The standard InChI is InChI=1S/C40H48N2O5/c1-30(43)36-17-14-32-10-5-6-11-37(32)40(36)38-27-41-26-34(29-46-25-20-42-18-23-44-24-19-42)39(38)33-12-15-35(16-13-33)47-22-7-21-45-28-31-8-3-2-4-9-31/h2-6,8-17,34,38-39,41H,7,18-29H2,1H3/t34-,38+,39-/m0/s1. The van der Waals surface area contributed by atoms with Crippen LogP contribution in [0.5, 0.6) is 5.75 Å². The predicted octanol–water partition coefficient (Wildman–Crippen LogP) is 6.46. The molecule has 2 fully saturated rings. The maximum Gasteiger partial charge on any atom is 0.160 e. The topological polar surface area (TPSA) is 69.3 Å². The average molecular weight is 637 g/mol. The first-order chi connectivity index (χ1) is 23.2. The van der Waals surface area contributed by atoms with Gasteiger partial charge in [-0.05, 0) is 52.4 Å². The first-order valence-corrected chi connectivity index (χ1v) is 17.1. The number of morpholine rings is 1. The van der Waals surface area contributed by atoms with E-state index in [1.807, 2.05) is 24.3 Å². The van der Waals surface area contributed by atoms with Crippen molar-refractivity contribution in [3.05, 3.63) is 113 Å². The number of piperidine rings is 1. The number of Topliss-reactive ketones (excluding diaryl/α,β-unsaturated/α-hetero) is 1. The number of ether oxygens (including phenoxy) is 4. The molecule has 0 aliphatic carbocycles. The highest BCUT2D eigenvalue weighted by Gasteiger charge is 2.37. The van der Waals surface area contributed by atoms with Crippen LogP contribution in [-0.2, 0) is 20.8 Å². The van der Waals surface area contributed by atoms with Crippen LogP contribution < -0.4 is 10.1 Å². The lowest BCUT2D eigenvalue weighted by atomic mass is 9.69. The fraction of sp³-hybridized carbons (Fsp3) is 0.425. The molecule has 2 aliphatic heterocycles. The second-order valence-electron chi connectivity index (χ2n) is 12.7. The first-order valence-electron chi connectivity index (χ1n) is 17.1. The first kappa shape index (κ1) is 33.3. The molecule has 47 heavy (non-hydrogen) atoms. The highest BCUT2D eigenvalue weighted by molar-refractivity contribution is 6.02. The third-order valence-corrected chi connectivity index (χ3v) is 9.50. The summed E-state index contributed by atoms with van der Waals surface area (Å²) in [5.74, 6) is 1.48. The van der Waals surface area contributed by atoms with Crippen molar-refractivity contribution in [1.82, 2.24) is 10.2 Å². The fourth-order valence-electron chi connectivity index (χ4n) is 7.11. The summed E-state index contributed by atoms with van der Waals surface area (Å²) in [6.45, 7) is 11.0. The van der Waals surface area contributed by atoms with E-state index in [1.54, 1.807) is 6.92 Å². The molecule has 6 rings (SSSR count). The maximum atomic E-state index is 13.0. The lowest BCUT2D eigenvalue weighted by Gasteiger charge is -2.40. The zero-order valence-corrected chi connectivity index (χ0v) is 27.6. The predicted molar refractivity (Wildman–Crippen MR) is 187 cm³/mol. The third kappa shape index (κ3) is 8.86. The molecule has 0 unspecified atom stereocenters. The number of carbonyl (C=O) groups excluding carboxylic acids is 1. The summed E-state index contributed by atoms with van der Waals surface area (Å²) in [5, 5.41) is 6.03. The average Bonchev–Trinajstić information content (AvgIpc) is 3.12. The Morgan fingerprint density at radius 2 is 1.64 bits per heavy atom. The molecule has 0 radical (unpaired) electrons. The van der Waals surface area contributed by atoms with Gasteiger partial charge in [0.25, 0.3) is 0 Å². The second kappa shape index (κ2) is 17.0. The van der Waals surface area contributed by atoms with E-state index in [9.17, 15) is 4.79 Å². The Bertz CT molecular complexity index is 1550. The van der Waals surface area contributed by atoms with Crippen LogP contribution >= 0.6 is 0 Å². The van der Waals surface area contributed by atoms with Gasteiger partial charge in [0.15, 0.2) is 5.78 Å². The zero-order chi connectivity index (χ0) is 32.3. The van der Waals surface area contributed by atoms with Crippen molar-refractivity contribution in [2.24, 2.45) is 5.92 Å². The van der Waals surface area contributed by atoms with E-state index in [-0.39, 0.29) is 23.5 Å². The van der Waals surface area contributed by atoms with E-state index < -0.39 is 0 Å². The molecule has 4 aromatic carbocycles. The molecular weight excluding hydrogens is 588 g/mol. The van der Waals surface area contributed by atoms with Gasteiger partial charge in [0.1, 0.15) is 5.75 Å². The van der Waals surface area contributed by atoms with Gasteiger partial charge in [0, 0.05) is 56.5 Å². The van der Waals surface area contributed by atoms with Gasteiger partial charge in [0.2, 0.25) is 0 Å². The van der Waals surface area contributed by atoms with E-state index in [4.69, 9.17) is 18.9 Å². The van der Waals surface area contributed by atoms with Crippen LogP contribution in [0.1, 0.15) is 52.2 Å². The van der Waals surface area contributed by atoms with Crippen molar-refractivity contribution in [2.75, 3.05) is 72.4 Å². The molecule has 0 aromatic heterocycles. The molecule has 0 amide bonds. The fourth-order valence-corrected chi connectivity index (χ4v) is 7.11. The van der Waals surface area contributed by atoms with Crippen molar-refractivity contribution >= 4 is 16.6 Å². The van der Waals surface area contributed by atoms with Gasteiger partial charge in [0.05, 0.1) is 46.2 Å². The minimum absolute atomic E-state index is 0.102. The van der Waals surface area contributed by atoms with Gasteiger partial charge in [-0.15, -0.1) is 0 Å². The Morgan fingerprint density at radius 1 is 0.851 bits per heavy atom. The molecule has 0 bridgehead atoms. The van der Waals surface area contributed by atoms with E-state index in [0.29, 0.717) is 33.0 Å². The Hall–Kier alpha value is -3.59. The van der Waals surface area contributed by atoms with Gasteiger partial charge in [-0.25, -0.2) is 0 Å². The molecule has 0 spiro atoms. The van der Waals surface area contributed by atoms with Gasteiger partial charge in [-0.2, -0.15) is 0 Å². The highest BCUT2D eigenvalue weighted by Crippen LogP contribution is 2.44. The summed E-state index contributed by atoms with van der Waals surface area (Å²) in [6, 6.07) is 31.4. The van der Waals surface area contributed by atoms with Crippen molar-refractivity contribution in [2.45, 2.75) is 31.8 Å². The van der Waals surface area contributed by atoms with Gasteiger partial charge in [-0.3, -0.25) is 9.69 Å². The number of nitrogens with one attached hydrogen (secondary N) is 1. The van der Waals surface area contributed by atoms with Gasteiger partial charge >= 0.3 is 0 Å². The summed E-state index contributed by atoms with van der Waals surface area (Å²) in [6.07, 6.45) is 0.823. The minimum Gasteiger partial charge on any atom is -0.494 e. The number of ketones is 1. The summed E-state index contributed by atoms with van der Waals surface area (Å²) in [5.41, 5.74) is 4.38. The molecule has 7 nitrogen and oxygen atoms in total. The Labute approximate surface area is 279 Å². The lowest BCUT2D eigenvalue weighted by Crippen LogP contribution is -2.44. The van der Waals surface area contributed by atoms with Gasteiger partial charge < -0.3 is 24.3 Å². The molecule has 0 saturated carbocycles. The molecular formula is C40H48N2O5. The number of hydrogen-bond acceptors (Lipinski definition) is 7. The van der Waals surface area contributed by atoms with E-state index in [2.05, 4.69) is 76.9 Å². The monoisotopic (exact) mass is 636 g/mol. The normalized spacial score (nSPS) is 20.3. The lowest BCUT2D eigenvalue weighted by molar-refractivity contribution is 0.0122. The van der Waals surface area contributed by atoms with Crippen LogP contribution in [0.3, 0.4) is 0 Å². The summed E-state index contributed by atoms with van der Waals surface area (Å²) in [7, 11) is 0. The molecule has 248 valence electrons. The Kier molecular flexibility index (Phi) is 12.0. The van der Waals surface area contributed by atoms with Crippen LogP contribution in [0.15, 0.2) is 91.0 Å². The third-order valence-electron chi connectivity index (χ3n) is 9.50. The molecule has 2 aliphatic rings. The zero-order valence-electron chi connectivity index (χ0n) is 27.6. The van der Waals surface area contributed by atoms with Crippen LogP contribution in [0.25, 0.3) is 10.8 Å². The molecule has 4 aromatic rings. The van der Waals surface area contributed by atoms with Gasteiger partial charge in [-0.1, -0.05) is 78.9 Å². The number of rotatable bonds is 15. The minimum atomic E-state index is 0.102. The van der Waals surface area contributed by atoms with E-state index >= 15 is 0 Å². The number of hydrogen-bond donors (Lipinski definition) is 1. The quantitative estimate of drug-likeness (QED) is 0.119. The highest BCUT2D eigenvalue weighted by atomic mass is 16.5.